The lowest BCUT2D eigenvalue weighted by Crippen LogP contribution is -2.43. The summed E-state index contributed by atoms with van der Waals surface area (Å²) >= 11 is 7.16. The third-order valence-electron chi connectivity index (χ3n) is 4.41. The average molecular weight is 434 g/mol. The lowest BCUT2D eigenvalue weighted by atomic mass is 10.2. The third-order valence-corrected chi connectivity index (χ3v) is 7.80. The summed E-state index contributed by atoms with van der Waals surface area (Å²) in [4.78, 5) is 26.2. The molecule has 0 bridgehead atoms. The van der Waals surface area contributed by atoms with Crippen LogP contribution in [0.3, 0.4) is 0 Å². The van der Waals surface area contributed by atoms with Gasteiger partial charge in [-0.05, 0) is 31.5 Å². The van der Waals surface area contributed by atoms with Crippen molar-refractivity contribution in [3.05, 3.63) is 33.9 Å². The predicted octanol–water partition coefficient (Wildman–Crippen LogP) is 2.89. The van der Waals surface area contributed by atoms with E-state index >= 15 is 0 Å². The number of sulfone groups is 1. The highest BCUT2D eigenvalue weighted by Gasteiger charge is 2.34. The van der Waals surface area contributed by atoms with Crippen LogP contribution in [0.5, 0.6) is 0 Å². The highest BCUT2D eigenvalue weighted by molar-refractivity contribution is 7.91. The van der Waals surface area contributed by atoms with Crippen LogP contribution in [0.2, 0.25) is 5.02 Å². The molecule has 0 saturated carbocycles. The summed E-state index contributed by atoms with van der Waals surface area (Å²) in [5, 5.41) is 0.689. The smallest absolute Gasteiger partial charge is 0.350 e. The number of hydrogen-bond acceptors (Lipinski definition) is 6. The highest BCUT2D eigenvalue weighted by Crippen LogP contribution is 2.36. The van der Waals surface area contributed by atoms with Gasteiger partial charge in [-0.2, -0.15) is 0 Å². The third kappa shape index (κ3) is 4.25. The van der Waals surface area contributed by atoms with Gasteiger partial charge in [-0.1, -0.05) is 11.6 Å². The van der Waals surface area contributed by atoms with Crippen molar-refractivity contribution >= 4 is 54.7 Å². The molecule has 0 spiro atoms. The summed E-state index contributed by atoms with van der Waals surface area (Å²) in [5.41, 5.74) is 0. The van der Waals surface area contributed by atoms with Gasteiger partial charge in [-0.15, -0.1) is 11.3 Å². The molecule has 1 aliphatic heterocycles. The number of esters is 1. The van der Waals surface area contributed by atoms with Gasteiger partial charge in [0.2, 0.25) is 0 Å². The first-order valence-corrected chi connectivity index (χ1v) is 11.3. The fraction of sp³-hybridized carbons (Fsp3) is 0.412. The van der Waals surface area contributed by atoms with E-state index in [9.17, 15) is 22.4 Å². The van der Waals surface area contributed by atoms with Crippen LogP contribution in [0.25, 0.3) is 10.1 Å². The topological polar surface area (TPSA) is 80.8 Å². The molecular formula is C17H17ClFNO5S2. The number of amides is 1. The summed E-state index contributed by atoms with van der Waals surface area (Å²) in [6.07, 6.45) is 0.379. The first-order chi connectivity index (χ1) is 12.7. The Balaban J connectivity index is 1.68. The first-order valence-electron chi connectivity index (χ1n) is 8.26. The second-order valence-corrected chi connectivity index (χ2v) is 9.86. The minimum Gasteiger partial charge on any atom is -0.451 e. The molecule has 1 saturated heterocycles. The van der Waals surface area contributed by atoms with Gasteiger partial charge in [0, 0.05) is 22.7 Å². The largest absolute Gasteiger partial charge is 0.451 e. The molecule has 1 aliphatic rings. The molecule has 6 nitrogen and oxygen atoms in total. The maximum absolute atomic E-state index is 13.3. The van der Waals surface area contributed by atoms with Crippen LogP contribution in [-0.4, -0.2) is 55.9 Å². The van der Waals surface area contributed by atoms with Crippen molar-refractivity contribution in [2.45, 2.75) is 19.4 Å². The molecule has 0 aliphatic carbocycles. The highest BCUT2D eigenvalue weighted by atomic mass is 35.5. The standard InChI is InChI=1S/C17H17ClFNO5S2/c1-2-20(11-5-6-27(23,24)9-11)14(21)8-25-17(22)16-15(18)12-4-3-10(19)7-13(12)26-16/h3-4,7,11H,2,5-6,8-9H2,1H3/t11-/m0/s1. The molecule has 1 atom stereocenters. The van der Waals surface area contributed by atoms with Crippen LogP contribution in [-0.2, 0) is 19.4 Å². The Hall–Kier alpha value is -1.71. The van der Waals surface area contributed by atoms with E-state index in [1.165, 1.54) is 23.1 Å². The Kier molecular flexibility index (Phi) is 5.73. The zero-order chi connectivity index (χ0) is 19.8. The number of carbonyl (C=O) groups is 2. The summed E-state index contributed by atoms with van der Waals surface area (Å²) in [5.74, 6) is -1.70. The molecule has 3 rings (SSSR count). The molecule has 1 amide bonds. The van der Waals surface area contributed by atoms with Crippen molar-refractivity contribution in [2.75, 3.05) is 24.7 Å². The van der Waals surface area contributed by atoms with Crippen LogP contribution < -0.4 is 0 Å². The van der Waals surface area contributed by atoms with Crippen LogP contribution in [0.1, 0.15) is 23.0 Å². The van der Waals surface area contributed by atoms with Gasteiger partial charge in [0.15, 0.2) is 16.4 Å². The fourth-order valence-electron chi connectivity index (χ4n) is 3.11. The zero-order valence-corrected chi connectivity index (χ0v) is 16.8. The van der Waals surface area contributed by atoms with Gasteiger partial charge >= 0.3 is 5.97 Å². The van der Waals surface area contributed by atoms with Crippen LogP contribution >= 0.6 is 22.9 Å². The lowest BCUT2D eigenvalue weighted by Gasteiger charge is -2.26. The van der Waals surface area contributed by atoms with Gasteiger partial charge in [0.1, 0.15) is 10.7 Å². The van der Waals surface area contributed by atoms with Crippen molar-refractivity contribution in [1.29, 1.82) is 0 Å². The predicted molar refractivity (Wildman–Crippen MR) is 102 cm³/mol. The molecule has 1 fully saturated rings. The van der Waals surface area contributed by atoms with Crippen molar-refractivity contribution in [3.63, 3.8) is 0 Å². The van der Waals surface area contributed by atoms with Crippen molar-refractivity contribution < 1.29 is 27.1 Å². The summed E-state index contributed by atoms with van der Waals surface area (Å²) in [6, 6.07) is 3.59. The molecule has 2 heterocycles. The SMILES string of the molecule is CCN(C(=O)COC(=O)c1sc2cc(F)ccc2c1Cl)[C@H]1CCS(=O)(=O)C1. The van der Waals surface area contributed by atoms with E-state index in [-0.39, 0.29) is 21.4 Å². The number of nitrogens with zero attached hydrogens (tertiary/aromatic N) is 1. The van der Waals surface area contributed by atoms with E-state index in [2.05, 4.69) is 0 Å². The summed E-state index contributed by atoms with van der Waals surface area (Å²) < 4.78 is 42.1. The van der Waals surface area contributed by atoms with Gasteiger partial charge in [-0.3, -0.25) is 4.79 Å². The van der Waals surface area contributed by atoms with E-state index in [1.54, 1.807) is 6.92 Å². The maximum Gasteiger partial charge on any atom is 0.350 e. The monoisotopic (exact) mass is 433 g/mol. The molecule has 146 valence electrons. The molecule has 0 radical (unpaired) electrons. The van der Waals surface area contributed by atoms with E-state index in [0.717, 1.165) is 11.3 Å². The number of benzene rings is 1. The quantitative estimate of drug-likeness (QED) is 0.677. The van der Waals surface area contributed by atoms with Gasteiger partial charge in [0.25, 0.3) is 5.91 Å². The number of fused-ring (bicyclic) bond motifs is 1. The van der Waals surface area contributed by atoms with Gasteiger partial charge in [-0.25, -0.2) is 17.6 Å². The molecular weight excluding hydrogens is 417 g/mol. The van der Waals surface area contributed by atoms with E-state index < -0.39 is 40.2 Å². The normalized spacial score (nSPS) is 18.6. The number of carbonyl (C=O) groups excluding carboxylic acids is 2. The number of thiophene rings is 1. The van der Waals surface area contributed by atoms with E-state index in [4.69, 9.17) is 16.3 Å². The molecule has 0 N–H and O–H groups in total. The number of likely N-dealkylation sites (N-methyl/N-ethyl adjacent to an activating group) is 1. The average Bonchev–Trinajstić information content (AvgIpc) is 3.13. The molecule has 2 aromatic rings. The van der Waals surface area contributed by atoms with Gasteiger partial charge < -0.3 is 9.64 Å². The lowest BCUT2D eigenvalue weighted by molar-refractivity contribution is -0.136. The summed E-state index contributed by atoms with van der Waals surface area (Å²) in [7, 11) is -3.13. The number of ether oxygens (including phenoxy) is 1. The maximum atomic E-state index is 13.3. The second-order valence-electron chi connectivity index (χ2n) is 6.20. The Bertz CT molecular complexity index is 1000. The van der Waals surface area contributed by atoms with E-state index in [1.807, 2.05) is 0 Å². The number of halogens is 2. The fourth-order valence-corrected chi connectivity index (χ4v) is 6.26. The molecule has 10 heteroatoms. The Morgan fingerprint density at radius 3 is 2.78 bits per heavy atom. The molecule has 27 heavy (non-hydrogen) atoms. The first kappa shape index (κ1) is 20.0. The minimum absolute atomic E-state index is 0.0508. The van der Waals surface area contributed by atoms with Crippen LogP contribution in [0, 0.1) is 5.82 Å². The van der Waals surface area contributed by atoms with Gasteiger partial charge in [0.05, 0.1) is 16.5 Å². The van der Waals surface area contributed by atoms with Crippen molar-refractivity contribution in [2.24, 2.45) is 0 Å². The van der Waals surface area contributed by atoms with Crippen molar-refractivity contribution in [1.82, 2.24) is 4.90 Å². The zero-order valence-electron chi connectivity index (χ0n) is 14.4. The molecule has 0 unspecified atom stereocenters. The Morgan fingerprint density at radius 1 is 1.41 bits per heavy atom. The molecule has 1 aromatic heterocycles. The van der Waals surface area contributed by atoms with E-state index in [0.29, 0.717) is 23.1 Å². The number of hydrogen-bond donors (Lipinski definition) is 0. The van der Waals surface area contributed by atoms with Crippen molar-refractivity contribution in [3.8, 4) is 0 Å². The Labute approximate surface area is 164 Å². The second kappa shape index (κ2) is 7.73. The number of rotatable bonds is 5. The van der Waals surface area contributed by atoms with Crippen LogP contribution in [0.4, 0.5) is 4.39 Å². The minimum atomic E-state index is -3.13. The molecule has 1 aromatic carbocycles. The Morgan fingerprint density at radius 2 is 2.15 bits per heavy atom. The summed E-state index contributed by atoms with van der Waals surface area (Å²) in [6.45, 7) is 1.55. The van der Waals surface area contributed by atoms with Crippen LogP contribution in [0.15, 0.2) is 18.2 Å².